The van der Waals surface area contributed by atoms with Crippen molar-refractivity contribution in [3.8, 4) is 0 Å². The van der Waals surface area contributed by atoms with Crippen LogP contribution >= 0.6 is 7.82 Å². The minimum absolute atomic E-state index is 0.0525. The molecule has 1 aliphatic rings. The van der Waals surface area contributed by atoms with Gasteiger partial charge >= 0.3 is 19.8 Å². The normalized spacial score (nSPS) is 22.3. The van der Waals surface area contributed by atoms with E-state index in [1.54, 1.807) is 0 Å². The third kappa shape index (κ3) is 31.0. The van der Waals surface area contributed by atoms with E-state index >= 15 is 0 Å². The van der Waals surface area contributed by atoms with Gasteiger partial charge in [0.05, 0.1) is 6.61 Å². The molecule has 0 bridgehead atoms. The third-order valence-electron chi connectivity index (χ3n) is 10.5. The van der Waals surface area contributed by atoms with E-state index < -0.39 is 75.7 Å². The summed E-state index contributed by atoms with van der Waals surface area (Å²) in [5.41, 5.74) is 0. The summed E-state index contributed by atoms with van der Waals surface area (Å²) >= 11 is 0. The van der Waals surface area contributed by atoms with Crippen molar-refractivity contribution < 1.29 is 63.1 Å². The number of ether oxygens (including phenoxy) is 2. The van der Waals surface area contributed by atoms with Crippen molar-refractivity contribution in [2.24, 2.45) is 0 Å². The van der Waals surface area contributed by atoms with E-state index in [-0.39, 0.29) is 12.8 Å². The predicted octanol–water partition coefficient (Wildman–Crippen LogP) is 9.50. The molecule has 63 heavy (non-hydrogen) atoms. The number of phosphoric acid groups is 1. The number of aliphatic hydroxyl groups excluding tert-OH is 5. The predicted molar refractivity (Wildman–Crippen MR) is 249 cm³/mol. The quantitative estimate of drug-likeness (QED) is 0.0148. The van der Waals surface area contributed by atoms with Crippen molar-refractivity contribution in [1.29, 1.82) is 0 Å². The maximum atomic E-state index is 12.8. The fourth-order valence-corrected chi connectivity index (χ4v) is 7.62. The van der Waals surface area contributed by atoms with Crippen LogP contribution in [0.1, 0.15) is 168 Å². The maximum absolute atomic E-state index is 12.8. The monoisotopic (exact) mass is 911 g/mol. The van der Waals surface area contributed by atoms with Crippen molar-refractivity contribution in [1.82, 2.24) is 0 Å². The van der Waals surface area contributed by atoms with Gasteiger partial charge in [0.1, 0.15) is 43.2 Å². The van der Waals surface area contributed by atoms with E-state index in [1.807, 2.05) is 0 Å². The molecule has 1 saturated carbocycles. The molecule has 0 aliphatic heterocycles. The Labute approximate surface area is 378 Å². The molecule has 1 aliphatic carbocycles. The second-order valence-electron chi connectivity index (χ2n) is 16.3. The number of hydrogen-bond donors (Lipinski definition) is 6. The van der Waals surface area contributed by atoms with E-state index in [0.29, 0.717) is 12.8 Å². The lowest BCUT2D eigenvalue weighted by Gasteiger charge is -2.41. The molecule has 362 valence electrons. The van der Waals surface area contributed by atoms with E-state index in [4.69, 9.17) is 18.5 Å². The Kier molecular flexibility index (Phi) is 35.7. The molecule has 1 rings (SSSR count). The number of esters is 2. The summed E-state index contributed by atoms with van der Waals surface area (Å²) in [5, 5.41) is 50.2. The van der Waals surface area contributed by atoms with Gasteiger partial charge in [-0.3, -0.25) is 18.6 Å². The highest BCUT2D eigenvalue weighted by Gasteiger charge is 2.51. The zero-order valence-corrected chi connectivity index (χ0v) is 39.2. The standard InChI is InChI=1S/C49H83O13P/c1-3-5-7-9-11-13-15-17-19-20-21-22-24-26-28-30-32-34-36-38-43(51)61-41(40-60-63(57,58)62-49-47(55)45(53)44(52)46(54)48(49)56)39-59-42(50)37-35-33-31-29-27-25-23-18-16-14-12-10-8-6-4-2/h11-14,17-19,21-23,26,28,41,44-49,52-56H,3-10,15-16,20,24-25,27,29-40H2,1-2H3,(H,57,58)/b13-11+,14-12+,19-17+,22-21+,23-18+,28-26+/t41-,44?,45-,46?,47?,48?,49?/m1/s1. The van der Waals surface area contributed by atoms with Crippen LogP contribution in [-0.4, -0.2) is 98.3 Å². The summed E-state index contributed by atoms with van der Waals surface area (Å²) in [7, 11) is -5.14. The number of carbonyl (C=O) groups is 2. The largest absolute Gasteiger partial charge is 0.472 e. The molecule has 13 nitrogen and oxygen atoms in total. The van der Waals surface area contributed by atoms with Crippen LogP contribution in [0.3, 0.4) is 0 Å². The van der Waals surface area contributed by atoms with Gasteiger partial charge in [0.25, 0.3) is 0 Å². The second kappa shape index (κ2) is 38.5. The molecule has 6 unspecified atom stereocenters. The van der Waals surface area contributed by atoms with E-state index in [9.17, 15) is 44.6 Å². The molecule has 0 aromatic carbocycles. The van der Waals surface area contributed by atoms with Crippen molar-refractivity contribution in [2.45, 2.75) is 211 Å². The fourth-order valence-electron chi connectivity index (χ4n) is 6.65. The lowest BCUT2D eigenvalue weighted by Crippen LogP contribution is -2.64. The van der Waals surface area contributed by atoms with E-state index in [0.717, 1.165) is 89.9 Å². The van der Waals surface area contributed by atoms with Gasteiger partial charge in [0.2, 0.25) is 0 Å². The van der Waals surface area contributed by atoms with Crippen molar-refractivity contribution >= 4 is 19.8 Å². The molecule has 0 heterocycles. The molecule has 0 aromatic heterocycles. The van der Waals surface area contributed by atoms with Gasteiger partial charge in [0.15, 0.2) is 6.10 Å². The fraction of sp³-hybridized carbons (Fsp3) is 0.714. The molecule has 14 heteroatoms. The molecule has 0 spiro atoms. The van der Waals surface area contributed by atoms with Gasteiger partial charge < -0.3 is 39.9 Å². The van der Waals surface area contributed by atoms with Crippen LogP contribution in [0.4, 0.5) is 0 Å². The summed E-state index contributed by atoms with van der Waals surface area (Å²) in [6.07, 6.45) is 35.2. The van der Waals surface area contributed by atoms with Gasteiger partial charge in [-0.05, 0) is 89.9 Å². The first kappa shape index (κ1) is 58.3. The molecule has 0 amide bonds. The Balaban J connectivity index is 2.50. The highest BCUT2D eigenvalue weighted by Crippen LogP contribution is 2.47. The van der Waals surface area contributed by atoms with Crippen LogP contribution in [0.25, 0.3) is 0 Å². The molecular formula is C49H83O13P. The Hall–Kier alpha value is -2.71. The summed E-state index contributed by atoms with van der Waals surface area (Å²) in [4.78, 5) is 35.7. The Morgan fingerprint density at radius 2 is 0.857 bits per heavy atom. The first-order valence-electron chi connectivity index (χ1n) is 23.7. The summed E-state index contributed by atoms with van der Waals surface area (Å²) in [6.45, 7) is 3.20. The van der Waals surface area contributed by atoms with Crippen molar-refractivity contribution in [3.05, 3.63) is 72.9 Å². The number of phosphoric ester groups is 1. The number of aliphatic hydroxyl groups is 5. The number of unbranched alkanes of at least 4 members (excludes halogenated alkanes) is 14. The number of rotatable bonds is 38. The molecule has 0 radical (unpaired) electrons. The smallest absolute Gasteiger partial charge is 0.462 e. The minimum atomic E-state index is -5.14. The SMILES string of the molecule is CCCCC/C=C/C/C=C/C/C=C/C/C=C/CCCCCC(=O)O[C@H](COC(=O)CCCCCCC/C=C/C/C=C/CCCCC)COP(=O)(O)OC1C(O)C(O)C(O)[C@@H](O)C1O. The lowest BCUT2D eigenvalue weighted by atomic mass is 9.85. The maximum Gasteiger partial charge on any atom is 0.472 e. The molecule has 6 N–H and O–H groups in total. The van der Waals surface area contributed by atoms with Gasteiger partial charge in [-0.15, -0.1) is 0 Å². The second-order valence-corrected chi connectivity index (χ2v) is 17.7. The number of allylic oxidation sites excluding steroid dienone is 12. The minimum Gasteiger partial charge on any atom is -0.462 e. The summed E-state index contributed by atoms with van der Waals surface area (Å²) < 4.78 is 33.5. The highest BCUT2D eigenvalue weighted by atomic mass is 31.2. The summed E-state index contributed by atoms with van der Waals surface area (Å²) in [6, 6.07) is 0. The van der Waals surface area contributed by atoms with Crippen LogP contribution in [0.2, 0.25) is 0 Å². The Morgan fingerprint density at radius 1 is 0.492 bits per heavy atom. The third-order valence-corrected chi connectivity index (χ3v) is 11.5. The molecule has 0 aromatic rings. The van der Waals surface area contributed by atoms with Crippen LogP contribution in [-0.2, 0) is 32.7 Å². The number of hydrogen-bond acceptors (Lipinski definition) is 12. The summed E-state index contributed by atoms with van der Waals surface area (Å²) in [5.74, 6) is -1.16. The zero-order valence-electron chi connectivity index (χ0n) is 38.3. The lowest BCUT2D eigenvalue weighted by molar-refractivity contribution is -0.220. The van der Waals surface area contributed by atoms with Crippen LogP contribution < -0.4 is 0 Å². The molecular weight excluding hydrogens is 828 g/mol. The average molecular weight is 911 g/mol. The van der Waals surface area contributed by atoms with Crippen LogP contribution in [0.15, 0.2) is 72.9 Å². The number of carbonyl (C=O) groups excluding carboxylic acids is 2. The molecule has 0 saturated heterocycles. The van der Waals surface area contributed by atoms with Gasteiger partial charge in [-0.1, -0.05) is 138 Å². The molecule has 1 fully saturated rings. The van der Waals surface area contributed by atoms with Crippen molar-refractivity contribution in [2.75, 3.05) is 13.2 Å². The Morgan fingerprint density at radius 3 is 1.32 bits per heavy atom. The average Bonchev–Trinajstić information content (AvgIpc) is 3.26. The first-order valence-corrected chi connectivity index (χ1v) is 25.2. The first-order chi connectivity index (χ1) is 30.4. The highest BCUT2D eigenvalue weighted by molar-refractivity contribution is 7.47. The topological polar surface area (TPSA) is 210 Å². The van der Waals surface area contributed by atoms with Crippen LogP contribution in [0.5, 0.6) is 0 Å². The Bertz CT molecular complexity index is 1380. The van der Waals surface area contributed by atoms with Gasteiger partial charge in [-0.2, -0.15) is 0 Å². The molecule has 8 atom stereocenters. The van der Waals surface area contributed by atoms with Crippen molar-refractivity contribution in [3.63, 3.8) is 0 Å². The van der Waals surface area contributed by atoms with E-state index in [2.05, 4.69) is 86.8 Å². The van der Waals surface area contributed by atoms with Gasteiger partial charge in [-0.25, -0.2) is 4.57 Å². The van der Waals surface area contributed by atoms with Crippen LogP contribution in [0, 0.1) is 0 Å². The van der Waals surface area contributed by atoms with E-state index in [1.165, 1.54) is 38.5 Å². The van der Waals surface area contributed by atoms with Gasteiger partial charge in [0, 0.05) is 12.8 Å². The zero-order chi connectivity index (χ0) is 46.4.